The Balaban J connectivity index is 0.000000131. The van der Waals surface area contributed by atoms with Crippen molar-refractivity contribution in [2.45, 2.75) is 50.4 Å². The van der Waals surface area contributed by atoms with Gasteiger partial charge in [0.15, 0.2) is 0 Å². The van der Waals surface area contributed by atoms with E-state index in [9.17, 15) is 13.2 Å². The lowest BCUT2D eigenvalue weighted by Gasteiger charge is -2.34. The van der Waals surface area contributed by atoms with Crippen LogP contribution >= 0.6 is 11.6 Å². The molecule has 14 nitrogen and oxygen atoms in total. The van der Waals surface area contributed by atoms with Gasteiger partial charge in [-0.25, -0.2) is 27.5 Å². The molecule has 2 aromatic carbocycles. The summed E-state index contributed by atoms with van der Waals surface area (Å²) in [6, 6.07) is 19.6. The second-order valence-electron chi connectivity index (χ2n) is 20.9. The van der Waals surface area contributed by atoms with Gasteiger partial charge in [0.25, 0.3) is 0 Å². The van der Waals surface area contributed by atoms with E-state index in [0.717, 1.165) is 126 Å². The number of benzene rings is 2. The molecule has 6 aliphatic heterocycles. The van der Waals surface area contributed by atoms with E-state index in [1.54, 1.807) is 31.5 Å². The minimum Gasteiger partial charge on any atom is -0.383 e. The number of fused-ring (bicyclic) bond motifs is 6. The molecule has 19 heteroatoms. The number of nitrogens with one attached hydrogen (secondary N) is 1. The number of hydrogen-bond donors (Lipinski definition) is 1. The lowest BCUT2D eigenvalue weighted by atomic mass is 9.78. The number of hydrogen-bond acceptors (Lipinski definition) is 14. The Labute approximate surface area is 460 Å². The van der Waals surface area contributed by atoms with E-state index in [0.29, 0.717) is 72.4 Å². The van der Waals surface area contributed by atoms with Crippen LogP contribution in [0.1, 0.15) is 48.2 Å². The summed E-state index contributed by atoms with van der Waals surface area (Å²) in [6.45, 7) is 14.8. The van der Waals surface area contributed by atoms with Gasteiger partial charge in [-0.1, -0.05) is 23.7 Å². The molecule has 0 radical (unpaired) electrons. The molecule has 0 saturated carbocycles. The SMILES string of the molecule is Cc1c(-c2ccccn2)nc2cc(F)cc(F)c2c1Cl.Cc1c(-c2ccccn2)nc2cc(F)cc(F)c2c1N1CC2(CCOCC2)c2ncc(N3CCOCC3)cc21.c1nc2c(cc1N1CCOCC1)NCC21CCOCC1. The van der Waals surface area contributed by atoms with Gasteiger partial charge in [-0.15, -0.1) is 0 Å². The molecule has 0 amide bonds. The molecular weight excluding hydrogens is 1040 g/mol. The van der Waals surface area contributed by atoms with Gasteiger partial charge in [0, 0.05) is 119 Å². The number of morpholine rings is 2. The fourth-order valence-electron chi connectivity index (χ4n) is 12.0. The molecule has 6 aromatic heterocycles. The Morgan fingerprint density at radius 1 is 0.557 bits per heavy atom. The Hall–Kier alpha value is -7.09. The summed E-state index contributed by atoms with van der Waals surface area (Å²) in [5, 5.41) is 4.23. The van der Waals surface area contributed by atoms with Gasteiger partial charge in [0.05, 0.1) is 128 Å². The monoisotopic (exact) mass is 1090 g/mol. The van der Waals surface area contributed by atoms with Crippen LogP contribution in [0.15, 0.2) is 97.6 Å². The number of anilines is 5. The predicted molar refractivity (Wildman–Crippen MR) is 298 cm³/mol. The third-order valence-electron chi connectivity index (χ3n) is 16.2. The van der Waals surface area contributed by atoms with Crippen molar-refractivity contribution < 1.29 is 36.5 Å². The van der Waals surface area contributed by atoms with E-state index in [4.69, 9.17) is 45.5 Å². The third-order valence-corrected chi connectivity index (χ3v) is 16.7. The number of halogens is 5. The number of ether oxygens (including phenoxy) is 4. The maximum Gasteiger partial charge on any atom is 0.137 e. The summed E-state index contributed by atoms with van der Waals surface area (Å²) in [5.41, 5.74) is 11.6. The summed E-state index contributed by atoms with van der Waals surface area (Å²) < 4.78 is 79.6. The first-order chi connectivity index (χ1) is 38.5. The van der Waals surface area contributed by atoms with E-state index >= 15 is 4.39 Å². The number of rotatable bonds is 5. The van der Waals surface area contributed by atoms with E-state index < -0.39 is 23.3 Å². The molecule has 12 heterocycles. The molecule has 79 heavy (non-hydrogen) atoms. The first kappa shape index (κ1) is 52.6. The molecule has 0 aliphatic carbocycles. The summed E-state index contributed by atoms with van der Waals surface area (Å²) in [4.78, 5) is 34.4. The fourth-order valence-corrected chi connectivity index (χ4v) is 12.3. The van der Waals surface area contributed by atoms with Crippen LogP contribution in [0.4, 0.5) is 46.0 Å². The molecule has 2 spiro atoms. The molecule has 6 aliphatic rings. The minimum atomic E-state index is -0.715. The molecule has 14 rings (SSSR count). The standard InChI is InChI=1S/C30H29F2N5O2.C15H9ClF2N2.C15H21N3O2/c1-19-27(23-4-2-3-7-33-23)35-24-15-20(31)14-22(32)26(24)28(19)37-18-30(5-10-38-11-6-30)29-25(37)16-21(17-34-29)36-8-12-39-13-9-36;1-8-14(16)13-10(18)6-9(17)7-12(13)20-15(8)11-4-2-3-5-19-11;1-5-19-6-2-15(1)11-17-13-9-12(10-16-14(13)15)18-3-7-20-8-4-18/h2-4,7,14-17H,5-6,8-13,18H2,1H3;2-7H,1H3;9-10,17H,1-8,11H2. The molecular formula is C60H59ClF4N10O4. The zero-order chi connectivity index (χ0) is 54.3. The van der Waals surface area contributed by atoms with Gasteiger partial charge in [0.2, 0.25) is 0 Å². The maximum atomic E-state index is 15.7. The van der Waals surface area contributed by atoms with Crippen LogP contribution in [0.2, 0.25) is 5.02 Å². The fraction of sp³-hybridized carbons (Fsp3) is 0.367. The molecule has 4 fully saturated rings. The highest BCUT2D eigenvalue weighted by Crippen LogP contribution is 2.52. The largest absolute Gasteiger partial charge is 0.383 e. The average molecular weight is 1100 g/mol. The van der Waals surface area contributed by atoms with Crippen LogP contribution in [0.25, 0.3) is 44.6 Å². The molecule has 0 bridgehead atoms. The average Bonchev–Trinajstić information content (AvgIpc) is 4.21. The second kappa shape index (κ2) is 22.2. The van der Waals surface area contributed by atoms with E-state index in [1.807, 2.05) is 43.6 Å². The molecule has 4 saturated heterocycles. The Bertz CT molecular complexity index is 3540. The lowest BCUT2D eigenvalue weighted by molar-refractivity contribution is 0.0545. The Morgan fingerprint density at radius 3 is 1.63 bits per heavy atom. The summed E-state index contributed by atoms with van der Waals surface area (Å²) in [7, 11) is 0. The number of pyridine rings is 6. The lowest BCUT2D eigenvalue weighted by Crippen LogP contribution is -2.38. The van der Waals surface area contributed by atoms with Crippen LogP contribution in [0, 0.1) is 37.1 Å². The van der Waals surface area contributed by atoms with E-state index in [-0.39, 0.29) is 32.3 Å². The minimum absolute atomic E-state index is 0.130. The van der Waals surface area contributed by atoms with Crippen LogP contribution in [-0.4, -0.2) is 122 Å². The summed E-state index contributed by atoms with van der Waals surface area (Å²) in [6.07, 6.45) is 11.1. The zero-order valence-electron chi connectivity index (χ0n) is 44.0. The Morgan fingerprint density at radius 2 is 1.06 bits per heavy atom. The van der Waals surface area contributed by atoms with Crippen molar-refractivity contribution in [1.29, 1.82) is 0 Å². The summed E-state index contributed by atoms with van der Waals surface area (Å²) >= 11 is 6.21. The van der Waals surface area contributed by atoms with Crippen molar-refractivity contribution in [3.05, 3.63) is 148 Å². The van der Waals surface area contributed by atoms with Gasteiger partial charge < -0.3 is 39.0 Å². The maximum absolute atomic E-state index is 15.7. The van der Waals surface area contributed by atoms with Crippen molar-refractivity contribution in [1.82, 2.24) is 29.9 Å². The van der Waals surface area contributed by atoms with Crippen LogP contribution in [-0.2, 0) is 29.8 Å². The molecule has 0 unspecified atom stereocenters. The Kier molecular flexibility index (Phi) is 14.8. The third kappa shape index (κ3) is 10.2. The molecule has 0 atom stereocenters. The van der Waals surface area contributed by atoms with Gasteiger partial charge in [-0.05, 0) is 81.5 Å². The zero-order valence-corrected chi connectivity index (χ0v) is 44.8. The van der Waals surface area contributed by atoms with Crippen molar-refractivity contribution in [3.63, 3.8) is 0 Å². The van der Waals surface area contributed by atoms with Crippen LogP contribution in [0.3, 0.4) is 0 Å². The molecule has 408 valence electrons. The first-order valence-electron chi connectivity index (χ1n) is 26.9. The second-order valence-corrected chi connectivity index (χ2v) is 21.3. The van der Waals surface area contributed by atoms with Crippen molar-refractivity contribution in [3.8, 4) is 22.8 Å². The smallest absolute Gasteiger partial charge is 0.137 e. The number of aromatic nitrogens is 6. The predicted octanol–water partition coefficient (Wildman–Crippen LogP) is 11.2. The van der Waals surface area contributed by atoms with E-state index in [1.165, 1.54) is 23.1 Å². The quantitative estimate of drug-likeness (QED) is 0.164. The normalized spacial score (nSPS) is 18.2. The summed E-state index contributed by atoms with van der Waals surface area (Å²) in [5.74, 6) is -2.69. The van der Waals surface area contributed by atoms with E-state index in [2.05, 4.69) is 47.1 Å². The highest BCUT2D eigenvalue weighted by Gasteiger charge is 2.47. The molecule has 8 aromatic rings. The highest BCUT2D eigenvalue weighted by atomic mass is 35.5. The van der Waals surface area contributed by atoms with Gasteiger partial charge >= 0.3 is 0 Å². The van der Waals surface area contributed by atoms with Gasteiger partial charge in [0.1, 0.15) is 23.3 Å². The topological polar surface area (TPSA) is 136 Å². The highest BCUT2D eigenvalue weighted by molar-refractivity contribution is 6.36. The van der Waals surface area contributed by atoms with Crippen molar-refractivity contribution >= 4 is 61.8 Å². The van der Waals surface area contributed by atoms with Gasteiger partial charge in [-0.2, -0.15) is 0 Å². The van der Waals surface area contributed by atoms with Crippen LogP contribution < -0.4 is 20.0 Å². The number of nitrogens with zero attached hydrogens (tertiary/aromatic N) is 9. The van der Waals surface area contributed by atoms with Crippen molar-refractivity contribution in [2.75, 3.05) is 112 Å². The van der Waals surface area contributed by atoms with Crippen LogP contribution in [0.5, 0.6) is 0 Å². The first-order valence-corrected chi connectivity index (χ1v) is 27.3. The molecule has 1 N–H and O–H groups in total. The van der Waals surface area contributed by atoms with Gasteiger partial charge in [-0.3, -0.25) is 19.9 Å². The van der Waals surface area contributed by atoms with Crippen molar-refractivity contribution in [2.24, 2.45) is 0 Å².